The Morgan fingerprint density at radius 1 is 0.882 bits per heavy atom. The Bertz CT molecular complexity index is 1320. The van der Waals surface area contributed by atoms with E-state index in [-0.39, 0.29) is 11.5 Å². The third-order valence-electron chi connectivity index (χ3n) is 5.33. The van der Waals surface area contributed by atoms with Crippen molar-refractivity contribution >= 4 is 17.5 Å². The zero-order chi connectivity index (χ0) is 23.9. The lowest BCUT2D eigenvalue weighted by atomic mass is 10.1. The molecule has 7 heteroatoms. The van der Waals surface area contributed by atoms with Crippen LogP contribution in [-0.4, -0.2) is 15.7 Å². The molecule has 0 radical (unpaired) electrons. The van der Waals surface area contributed by atoms with Gasteiger partial charge < -0.3 is 10.1 Å². The van der Waals surface area contributed by atoms with E-state index >= 15 is 0 Å². The van der Waals surface area contributed by atoms with E-state index < -0.39 is 0 Å². The molecule has 1 amide bonds. The number of aromatic nitrogens is 2. The predicted molar refractivity (Wildman–Crippen MR) is 133 cm³/mol. The second kappa shape index (κ2) is 10.8. The van der Waals surface area contributed by atoms with E-state index in [1.807, 2.05) is 24.3 Å². The molecule has 6 nitrogen and oxygen atoms in total. The number of nitrogens with zero attached hydrogens (tertiary/aromatic N) is 2. The summed E-state index contributed by atoms with van der Waals surface area (Å²) < 4.78 is 6.97. The average molecular weight is 474 g/mol. The van der Waals surface area contributed by atoms with Gasteiger partial charge in [-0.2, -0.15) is 4.68 Å². The maximum atomic E-state index is 12.5. The SMILES string of the molecule is CCc1ccc(CNC(=O)c2ccc(-n3nc(OCc4ccc(Cl)cc4)ccc3=O)cc2)cc1. The van der Waals surface area contributed by atoms with E-state index in [9.17, 15) is 9.59 Å². The Hall–Kier alpha value is -3.90. The molecular weight excluding hydrogens is 450 g/mol. The summed E-state index contributed by atoms with van der Waals surface area (Å²) in [5.41, 5.74) is 3.96. The summed E-state index contributed by atoms with van der Waals surface area (Å²) in [5, 5.41) is 7.86. The third-order valence-corrected chi connectivity index (χ3v) is 5.59. The predicted octanol–water partition coefficient (Wildman–Crippen LogP) is 4.96. The van der Waals surface area contributed by atoms with Crippen LogP contribution in [0, 0.1) is 0 Å². The molecule has 3 aromatic carbocycles. The van der Waals surface area contributed by atoms with Crippen LogP contribution in [0.1, 0.15) is 34.0 Å². The molecule has 4 rings (SSSR count). The molecule has 0 aliphatic rings. The van der Waals surface area contributed by atoms with Crippen molar-refractivity contribution in [3.05, 3.63) is 123 Å². The summed E-state index contributed by atoms with van der Waals surface area (Å²) in [6.07, 6.45) is 0.980. The number of hydrogen-bond acceptors (Lipinski definition) is 4. The van der Waals surface area contributed by atoms with Crippen LogP contribution in [0.25, 0.3) is 5.69 Å². The third kappa shape index (κ3) is 5.91. The van der Waals surface area contributed by atoms with Crippen molar-refractivity contribution in [3.63, 3.8) is 0 Å². The van der Waals surface area contributed by atoms with Crippen LogP contribution in [0.5, 0.6) is 5.88 Å². The number of amides is 1. The van der Waals surface area contributed by atoms with Gasteiger partial charge in [0.2, 0.25) is 5.88 Å². The first-order valence-electron chi connectivity index (χ1n) is 11.0. The zero-order valence-corrected chi connectivity index (χ0v) is 19.5. The first-order chi connectivity index (χ1) is 16.5. The van der Waals surface area contributed by atoms with Crippen molar-refractivity contribution in [1.29, 1.82) is 0 Å². The standard InChI is InChI=1S/C27H24ClN3O3/c1-2-19-3-5-20(6-4-19)17-29-27(33)22-9-13-24(14-10-22)31-26(32)16-15-25(30-31)34-18-21-7-11-23(28)12-8-21/h3-16H,2,17-18H2,1H3,(H,29,33). The lowest BCUT2D eigenvalue weighted by Crippen LogP contribution is -2.23. The number of carbonyl (C=O) groups excluding carboxylic acids is 1. The molecule has 1 aromatic heterocycles. The summed E-state index contributed by atoms with van der Waals surface area (Å²) in [7, 11) is 0. The van der Waals surface area contributed by atoms with Crippen molar-refractivity contribution in [2.45, 2.75) is 26.5 Å². The maximum absolute atomic E-state index is 12.5. The van der Waals surface area contributed by atoms with Crippen molar-refractivity contribution in [2.24, 2.45) is 0 Å². The summed E-state index contributed by atoms with van der Waals surface area (Å²) in [4.78, 5) is 24.9. The molecule has 0 aliphatic heterocycles. The van der Waals surface area contributed by atoms with Gasteiger partial charge in [0.1, 0.15) is 6.61 Å². The number of carbonyl (C=O) groups is 1. The topological polar surface area (TPSA) is 73.2 Å². The fourth-order valence-electron chi connectivity index (χ4n) is 3.33. The van der Waals surface area contributed by atoms with Crippen LogP contribution < -0.4 is 15.6 Å². The Labute approximate surface area is 202 Å². The molecule has 1 heterocycles. The lowest BCUT2D eigenvalue weighted by molar-refractivity contribution is 0.0951. The molecule has 0 unspecified atom stereocenters. The molecule has 0 atom stereocenters. The van der Waals surface area contributed by atoms with Gasteiger partial charge >= 0.3 is 0 Å². The first kappa shape index (κ1) is 23.3. The minimum absolute atomic E-state index is 0.188. The molecule has 0 spiro atoms. The number of benzene rings is 3. The van der Waals surface area contributed by atoms with Gasteiger partial charge in [-0.15, -0.1) is 5.10 Å². The molecule has 34 heavy (non-hydrogen) atoms. The Morgan fingerprint density at radius 2 is 1.53 bits per heavy atom. The number of nitrogens with one attached hydrogen (secondary N) is 1. The summed E-state index contributed by atoms with van der Waals surface area (Å²) in [5.74, 6) is 0.122. The van der Waals surface area contributed by atoms with E-state index in [1.54, 1.807) is 36.4 Å². The monoisotopic (exact) mass is 473 g/mol. The molecular formula is C27H24ClN3O3. The van der Waals surface area contributed by atoms with Gasteiger partial charge in [-0.25, -0.2) is 0 Å². The Kier molecular flexibility index (Phi) is 7.40. The van der Waals surface area contributed by atoms with Gasteiger partial charge in [-0.1, -0.05) is 54.9 Å². The maximum Gasteiger partial charge on any atom is 0.271 e. The van der Waals surface area contributed by atoms with E-state index in [0.717, 1.165) is 17.5 Å². The summed E-state index contributed by atoms with van der Waals surface area (Å²) >= 11 is 5.90. The normalized spacial score (nSPS) is 10.6. The van der Waals surface area contributed by atoms with Crippen molar-refractivity contribution in [2.75, 3.05) is 0 Å². The molecule has 1 N–H and O–H groups in total. The largest absolute Gasteiger partial charge is 0.472 e. The van der Waals surface area contributed by atoms with Crippen LogP contribution in [0.2, 0.25) is 5.02 Å². The second-order valence-electron chi connectivity index (χ2n) is 7.74. The molecule has 0 aliphatic carbocycles. The highest BCUT2D eigenvalue weighted by atomic mass is 35.5. The lowest BCUT2D eigenvalue weighted by Gasteiger charge is -2.10. The molecule has 0 saturated carbocycles. The highest BCUT2D eigenvalue weighted by Crippen LogP contribution is 2.14. The number of ether oxygens (including phenoxy) is 1. The Morgan fingerprint density at radius 3 is 2.21 bits per heavy atom. The van der Waals surface area contributed by atoms with E-state index in [4.69, 9.17) is 16.3 Å². The molecule has 4 aromatic rings. The van der Waals surface area contributed by atoms with Gasteiger partial charge in [-0.05, 0) is 59.5 Å². The summed E-state index contributed by atoms with van der Waals surface area (Å²) in [6, 6.07) is 25.1. The smallest absolute Gasteiger partial charge is 0.271 e. The van der Waals surface area contributed by atoms with Crippen LogP contribution in [-0.2, 0) is 19.6 Å². The van der Waals surface area contributed by atoms with Crippen LogP contribution >= 0.6 is 11.6 Å². The molecule has 0 saturated heterocycles. The number of aryl methyl sites for hydroxylation is 1. The quantitative estimate of drug-likeness (QED) is 0.392. The van der Waals surface area contributed by atoms with Crippen LogP contribution in [0.15, 0.2) is 89.7 Å². The molecule has 0 fully saturated rings. The average Bonchev–Trinajstić information content (AvgIpc) is 2.88. The van der Waals surface area contributed by atoms with Crippen molar-refractivity contribution in [3.8, 4) is 11.6 Å². The van der Waals surface area contributed by atoms with E-state index in [2.05, 4.69) is 29.5 Å². The van der Waals surface area contributed by atoms with Crippen LogP contribution in [0.3, 0.4) is 0 Å². The molecule has 172 valence electrons. The van der Waals surface area contributed by atoms with E-state index in [0.29, 0.717) is 35.3 Å². The minimum Gasteiger partial charge on any atom is -0.472 e. The highest BCUT2D eigenvalue weighted by Gasteiger charge is 2.09. The minimum atomic E-state index is -0.299. The van der Waals surface area contributed by atoms with Gasteiger partial charge in [0.25, 0.3) is 11.5 Å². The van der Waals surface area contributed by atoms with Gasteiger partial charge in [0.15, 0.2) is 0 Å². The first-order valence-corrected chi connectivity index (χ1v) is 11.3. The zero-order valence-electron chi connectivity index (χ0n) is 18.7. The van der Waals surface area contributed by atoms with E-state index in [1.165, 1.54) is 22.4 Å². The highest BCUT2D eigenvalue weighted by molar-refractivity contribution is 6.30. The van der Waals surface area contributed by atoms with Crippen molar-refractivity contribution in [1.82, 2.24) is 15.1 Å². The summed E-state index contributed by atoms with van der Waals surface area (Å²) in [6.45, 7) is 2.84. The van der Waals surface area contributed by atoms with Gasteiger partial charge in [0, 0.05) is 29.3 Å². The number of halogens is 1. The van der Waals surface area contributed by atoms with Crippen molar-refractivity contribution < 1.29 is 9.53 Å². The van der Waals surface area contributed by atoms with Crippen LogP contribution in [0.4, 0.5) is 0 Å². The fraction of sp³-hybridized carbons (Fsp3) is 0.148. The molecule has 0 bridgehead atoms. The Balaban J connectivity index is 1.41. The fourth-order valence-corrected chi connectivity index (χ4v) is 3.45. The number of rotatable bonds is 8. The number of hydrogen-bond donors (Lipinski definition) is 1. The van der Waals surface area contributed by atoms with Gasteiger partial charge in [-0.3, -0.25) is 9.59 Å². The second-order valence-corrected chi connectivity index (χ2v) is 8.17. The van der Waals surface area contributed by atoms with Gasteiger partial charge in [0.05, 0.1) is 5.69 Å².